The zero-order valence-electron chi connectivity index (χ0n) is 9.89. The molecule has 1 heterocycles. The highest BCUT2D eigenvalue weighted by Gasteiger charge is 2.11. The van der Waals surface area contributed by atoms with Crippen molar-refractivity contribution in [1.82, 2.24) is 10.2 Å². The van der Waals surface area contributed by atoms with E-state index in [2.05, 4.69) is 17.1 Å². The number of aryl methyl sites for hydroxylation is 1. The highest BCUT2D eigenvalue weighted by atomic mass is 16.4. The van der Waals surface area contributed by atoms with Crippen LogP contribution in [0.4, 0.5) is 0 Å². The number of unbranched alkanes of at least 4 members (excludes halogenated alkanes) is 2. The molecule has 0 unspecified atom stereocenters. The van der Waals surface area contributed by atoms with Gasteiger partial charge in [0, 0.05) is 6.42 Å². The van der Waals surface area contributed by atoms with E-state index in [1.807, 2.05) is 6.07 Å². The molecule has 0 spiro atoms. The van der Waals surface area contributed by atoms with Gasteiger partial charge in [-0.1, -0.05) is 31.9 Å². The summed E-state index contributed by atoms with van der Waals surface area (Å²) in [5, 5.41) is 17.6. The van der Waals surface area contributed by atoms with Crippen LogP contribution in [0.1, 0.15) is 32.1 Å². The Morgan fingerprint density at radius 2 is 2.00 bits per heavy atom. The van der Waals surface area contributed by atoms with Gasteiger partial charge in [-0.3, -0.25) is 0 Å². The molecule has 4 nitrogen and oxygen atoms in total. The first-order valence-electron chi connectivity index (χ1n) is 5.92. The van der Waals surface area contributed by atoms with E-state index < -0.39 is 0 Å². The van der Waals surface area contributed by atoms with Gasteiger partial charge in [-0.15, -0.1) is 10.2 Å². The first-order chi connectivity index (χ1) is 8.31. The number of phenolic OH excluding ortho intramolecular Hbond substituents is 1. The largest absolute Gasteiger partial charge is 0.507 e. The Bertz CT molecular complexity index is 480. The Labute approximate surface area is 100 Å². The summed E-state index contributed by atoms with van der Waals surface area (Å²) < 4.78 is 5.51. The molecule has 0 saturated carbocycles. The third-order valence-corrected chi connectivity index (χ3v) is 2.60. The molecule has 0 aliphatic rings. The number of para-hydroxylation sites is 1. The molecule has 1 aromatic heterocycles. The van der Waals surface area contributed by atoms with E-state index in [9.17, 15) is 5.11 Å². The van der Waals surface area contributed by atoms with Crippen LogP contribution >= 0.6 is 0 Å². The Morgan fingerprint density at radius 3 is 2.76 bits per heavy atom. The van der Waals surface area contributed by atoms with Crippen LogP contribution in [-0.2, 0) is 6.42 Å². The number of benzene rings is 1. The molecular weight excluding hydrogens is 216 g/mol. The van der Waals surface area contributed by atoms with Gasteiger partial charge in [-0.25, -0.2) is 0 Å². The number of phenols is 1. The molecule has 0 fully saturated rings. The van der Waals surface area contributed by atoms with Crippen molar-refractivity contribution in [3.8, 4) is 17.2 Å². The van der Waals surface area contributed by atoms with Gasteiger partial charge in [0.15, 0.2) is 0 Å². The Hall–Kier alpha value is -1.84. The van der Waals surface area contributed by atoms with Gasteiger partial charge in [0.25, 0.3) is 5.89 Å². The number of hydrogen-bond donors (Lipinski definition) is 1. The third-order valence-electron chi connectivity index (χ3n) is 2.60. The van der Waals surface area contributed by atoms with E-state index in [-0.39, 0.29) is 5.75 Å². The fourth-order valence-corrected chi connectivity index (χ4v) is 1.64. The summed E-state index contributed by atoms with van der Waals surface area (Å²) in [6.45, 7) is 2.15. The second kappa shape index (κ2) is 5.48. The Balaban J connectivity index is 2.10. The highest BCUT2D eigenvalue weighted by Crippen LogP contribution is 2.27. The van der Waals surface area contributed by atoms with Crippen LogP contribution in [0, 0.1) is 0 Å². The van der Waals surface area contributed by atoms with Crippen LogP contribution in [-0.4, -0.2) is 15.3 Å². The van der Waals surface area contributed by atoms with E-state index in [0.717, 1.165) is 19.3 Å². The molecule has 0 bridgehead atoms. The van der Waals surface area contributed by atoms with Crippen molar-refractivity contribution in [2.45, 2.75) is 32.6 Å². The number of aromatic nitrogens is 2. The first kappa shape index (κ1) is 11.6. The van der Waals surface area contributed by atoms with Gasteiger partial charge in [0.1, 0.15) is 5.75 Å². The SMILES string of the molecule is CCCCCc1nnc(-c2ccccc2O)o1. The maximum Gasteiger partial charge on any atom is 0.251 e. The molecule has 0 saturated heterocycles. The molecule has 1 aromatic carbocycles. The van der Waals surface area contributed by atoms with E-state index in [1.165, 1.54) is 6.42 Å². The summed E-state index contributed by atoms with van der Waals surface area (Å²) in [6, 6.07) is 6.96. The van der Waals surface area contributed by atoms with Crippen molar-refractivity contribution < 1.29 is 9.52 Å². The number of nitrogens with zero attached hydrogens (tertiary/aromatic N) is 2. The van der Waals surface area contributed by atoms with Crippen molar-refractivity contribution in [3.63, 3.8) is 0 Å². The van der Waals surface area contributed by atoms with Crippen LogP contribution in [0.15, 0.2) is 28.7 Å². The lowest BCUT2D eigenvalue weighted by Gasteiger charge is -1.97. The minimum Gasteiger partial charge on any atom is -0.507 e. The predicted octanol–water partition coefficient (Wildman–Crippen LogP) is 3.17. The Kier molecular flexibility index (Phi) is 3.75. The molecule has 2 aromatic rings. The standard InChI is InChI=1S/C13H16N2O2/c1-2-3-4-9-12-14-15-13(17-12)10-7-5-6-8-11(10)16/h5-8,16H,2-4,9H2,1H3. The van der Waals surface area contributed by atoms with E-state index in [0.29, 0.717) is 17.3 Å². The zero-order valence-corrected chi connectivity index (χ0v) is 9.89. The first-order valence-corrected chi connectivity index (χ1v) is 5.92. The van der Waals surface area contributed by atoms with Crippen molar-refractivity contribution in [2.24, 2.45) is 0 Å². The lowest BCUT2D eigenvalue weighted by molar-refractivity contribution is 0.466. The lowest BCUT2D eigenvalue weighted by atomic mass is 10.2. The molecule has 90 valence electrons. The van der Waals surface area contributed by atoms with Crippen molar-refractivity contribution >= 4 is 0 Å². The maximum atomic E-state index is 9.66. The summed E-state index contributed by atoms with van der Waals surface area (Å²) in [5.41, 5.74) is 0.585. The molecule has 0 amide bonds. The number of aromatic hydroxyl groups is 1. The van der Waals surface area contributed by atoms with Gasteiger partial charge in [0.2, 0.25) is 5.89 Å². The van der Waals surface area contributed by atoms with Crippen molar-refractivity contribution in [1.29, 1.82) is 0 Å². The average Bonchev–Trinajstić information content (AvgIpc) is 2.79. The van der Waals surface area contributed by atoms with Crippen LogP contribution in [0.3, 0.4) is 0 Å². The summed E-state index contributed by atoms with van der Waals surface area (Å²) >= 11 is 0. The Morgan fingerprint density at radius 1 is 1.18 bits per heavy atom. The fourth-order valence-electron chi connectivity index (χ4n) is 1.64. The minimum atomic E-state index is 0.163. The fraction of sp³-hybridized carbons (Fsp3) is 0.385. The summed E-state index contributed by atoms with van der Waals surface area (Å²) in [6.07, 6.45) is 4.18. The molecule has 4 heteroatoms. The molecule has 0 aliphatic carbocycles. The molecule has 0 atom stereocenters. The molecule has 0 aliphatic heterocycles. The van der Waals surface area contributed by atoms with E-state index >= 15 is 0 Å². The van der Waals surface area contributed by atoms with Crippen LogP contribution in [0.2, 0.25) is 0 Å². The maximum absolute atomic E-state index is 9.66. The molecule has 1 N–H and O–H groups in total. The van der Waals surface area contributed by atoms with E-state index in [1.54, 1.807) is 18.2 Å². The summed E-state index contributed by atoms with van der Waals surface area (Å²) in [7, 11) is 0. The van der Waals surface area contributed by atoms with Crippen LogP contribution in [0.25, 0.3) is 11.5 Å². The smallest absolute Gasteiger partial charge is 0.251 e. The molecule has 17 heavy (non-hydrogen) atoms. The van der Waals surface area contributed by atoms with Crippen LogP contribution in [0.5, 0.6) is 5.75 Å². The molecule has 2 rings (SSSR count). The highest BCUT2D eigenvalue weighted by molar-refractivity contribution is 5.61. The van der Waals surface area contributed by atoms with Gasteiger partial charge in [0.05, 0.1) is 5.56 Å². The van der Waals surface area contributed by atoms with Crippen molar-refractivity contribution in [2.75, 3.05) is 0 Å². The quantitative estimate of drug-likeness (QED) is 0.804. The second-order valence-corrected chi connectivity index (χ2v) is 3.98. The summed E-state index contributed by atoms with van der Waals surface area (Å²) in [4.78, 5) is 0. The van der Waals surface area contributed by atoms with Crippen molar-refractivity contribution in [3.05, 3.63) is 30.2 Å². The number of hydrogen-bond acceptors (Lipinski definition) is 4. The third kappa shape index (κ3) is 2.84. The molecule has 0 radical (unpaired) electrons. The van der Waals surface area contributed by atoms with E-state index in [4.69, 9.17) is 4.42 Å². The normalized spacial score (nSPS) is 10.6. The predicted molar refractivity (Wildman–Crippen MR) is 64.6 cm³/mol. The van der Waals surface area contributed by atoms with Gasteiger partial charge < -0.3 is 9.52 Å². The monoisotopic (exact) mass is 232 g/mol. The summed E-state index contributed by atoms with van der Waals surface area (Å²) in [5.74, 6) is 1.18. The molecular formula is C13H16N2O2. The average molecular weight is 232 g/mol. The van der Waals surface area contributed by atoms with Gasteiger partial charge in [-0.05, 0) is 18.6 Å². The number of rotatable bonds is 5. The lowest BCUT2D eigenvalue weighted by Crippen LogP contribution is -1.84. The van der Waals surface area contributed by atoms with Crippen LogP contribution < -0.4 is 0 Å². The minimum absolute atomic E-state index is 0.163. The van der Waals surface area contributed by atoms with Gasteiger partial charge in [-0.2, -0.15) is 0 Å². The second-order valence-electron chi connectivity index (χ2n) is 3.98. The topological polar surface area (TPSA) is 59.2 Å². The van der Waals surface area contributed by atoms with Gasteiger partial charge >= 0.3 is 0 Å². The zero-order chi connectivity index (χ0) is 12.1.